The molecule has 1 amide bonds. The van der Waals surface area contributed by atoms with E-state index >= 15 is 0 Å². The number of ether oxygens (including phenoxy) is 1. The van der Waals surface area contributed by atoms with Crippen LogP contribution in [0.3, 0.4) is 0 Å². The summed E-state index contributed by atoms with van der Waals surface area (Å²) in [6.07, 6.45) is 3.79. The van der Waals surface area contributed by atoms with Gasteiger partial charge in [0.15, 0.2) is 5.69 Å². The lowest BCUT2D eigenvalue weighted by Gasteiger charge is -2.30. The first kappa shape index (κ1) is 13.1. The molecule has 108 valence electrons. The van der Waals surface area contributed by atoms with E-state index in [-0.39, 0.29) is 17.8 Å². The third-order valence-corrected chi connectivity index (χ3v) is 3.97. The van der Waals surface area contributed by atoms with E-state index in [9.17, 15) is 9.59 Å². The van der Waals surface area contributed by atoms with Crippen LogP contribution in [0.1, 0.15) is 47.8 Å². The van der Waals surface area contributed by atoms with Crippen molar-refractivity contribution < 1.29 is 18.8 Å². The molecule has 6 heteroatoms. The van der Waals surface area contributed by atoms with Gasteiger partial charge in [0.05, 0.1) is 13.0 Å². The van der Waals surface area contributed by atoms with Crippen LogP contribution in [0, 0.1) is 5.92 Å². The highest BCUT2D eigenvalue weighted by Gasteiger charge is 2.33. The molecular formula is C14H18N2O4. The molecule has 1 aromatic rings. The van der Waals surface area contributed by atoms with Gasteiger partial charge in [-0.2, -0.15) is 0 Å². The normalized spacial score (nSPS) is 22.6. The average molecular weight is 278 g/mol. The minimum absolute atomic E-state index is 0.158. The lowest BCUT2D eigenvalue weighted by atomic mass is 9.98. The topological polar surface area (TPSA) is 72.6 Å². The van der Waals surface area contributed by atoms with Gasteiger partial charge in [0.25, 0.3) is 5.91 Å². The molecule has 1 aliphatic heterocycles. The van der Waals surface area contributed by atoms with E-state index in [1.807, 2.05) is 0 Å². The van der Waals surface area contributed by atoms with Crippen molar-refractivity contribution in [2.24, 2.45) is 5.92 Å². The van der Waals surface area contributed by atoms with Crippen LogP contribution >= 0.6 is 0 Å². The summed E-state index contributed by atoms with van der Waals surface area (Å²) in [5, 5.41) is 3.86. The third-order valence-electron chi connectivity index (χ3n) is 3.97. The number of piperidine rings is 1. The fraction of sp³-hybridized carbons (Fsp3) is 0.643. The number of carbonyl (C=O) groups is 2. The largest absolute Gasteiger partial charge is 0.469 e. The van der Waals surface area contributed by atoms with Crippen molar-refractivity contribution >= 4 is 11.9 Å². The predicted molar refractivity (Wildman–Crippen MR) is 69.1 cm³/mol. The number of methoxy groups -OCH3 is 1. The summed E-state index contributed by atoms with van der Waals surface area (Å²) in [6, 6.07) is 1.74. The molecule has 1 atom stereocenters. The predicted octanol–water partition coefficient (Wildman–Crippen LogP) is 1.58. The number of carbonyl (C=O) groups excluding carboxylic acids is 2. The summed E-state index contributed by atoms with van der Waals surface area (Å²) >= 11 is 0. The van der Waals surface area contributed by atoms with Crippen LogP contribution < -0.4 is 0 Å². The average Bonchev–Trinajstić information content (AvgIpc) is 3.23. The maximum absolute atomic E-state index is 12.4. The Labute approximate surface area is 117 Å². The molecule has 2 aliphatic rings. The first-order valence-electron chi connectivity index (χ1n) is 7.02. The van der Waals surface area contributed by atoms with Gasteiger partial charge in [0, 0.05) is 25.1 Å². The Morgan fingerprint density at radius 3 is 2.90 bits per heavy atom. The molecule has 0 radical (unpaired) electrons. The zero-order valence-electron chi connectivity index (χ0n) is 11.5. The van der Waals surface area contributed by atoms with E-state index < -0.39 is 0 Å². The maximum atomic E-state index is 12.4. The van der Waals surface area contributed by atoms with Crippen molar-refractivity contribution in [3.63, 3.8) is 0 Å². The SMILES string of the molecule is COC(=O)[C@H]1CCCN(C(=O)c2cc(C3CC3)on2)C1. The van der Waals surface area contributed by atoms with E-state index in [2.05, 4.69) is 5.16 Å². The molecule has 1 saturated heterocycles. The Balaban J connectivity index is 1.67. The zero-order valence-corrected chi connectivity index (χ0v) is 11.5. The fourth-order valence-corrected chi connectivity index (χ4v) is 2.63. The second-order valence-electron chi connectivity index (χ2n) is 5.50. The summed E-state index contributed by atoms with van der Waals surface area (Å²) in [4.78, 5) is 25.6. The number of esters is 1. The minimum Gasteiger partial charge on any atom is -0.469 e. The second-order valence-corrected chi connectivity index (χ2v) is 5.50. The van der Waals surface area contributed by atoms with Crippen molar-refractivity contribution in [2.75, 3.05) is 20.2 Å². The molecule has 0 bridgehead atoms. The van der Waals surface area contributed by atoms with E-state index in [0.29, 0.717) is 24.7 Å². The first-order valence-corrected chi connectivity index (χ1v) is 7.02. The van der Waals surface area contributed by atoms with Crippen molar-refractivity contribution in [1.82, 2.24) is 10.1 Å². The number of aromatic nitrogens is 1. The van der Waals surface area contributed by atoms with Crippen LogP contribution in [0.15, 0.2) is 10.6 Å². The second kappa shape index (κ2) is 5.26. The molecular weight excluding hydrogens is 260 g/mol. The molecule has 2 heterocycles. The quantitative estimate of drug-likeness (QED) is 0.785. The molecule has 1 aromatic heterocycles. The highest BCUT2D eigenvalue weighted by molar-refractivity contribution is 5.92. The number of likely N-dealkylation sites (tertiary alicyclic amines) is 1. The van der Waals surface area contributed by atoms with Crippen LogP contribution in [0.2, 0.25) is 0 Å². The Bertz CT molecular complexity index is 521. The number of hydrogen-bond donors (Lipinski definition) is 0. The van der Waals surface area contributed by atoms with Gasteiger partial charge in [0.1, 0.15) is 5.76 Å². The summed E-state index contributed by atoms with van der Waals surface area (Å²) in [5.74, 6) is 0.603. The highest BCUT2D eigenvalue weighted by Crippen LogP contribution is 2.40. The maximum Gasteiger partial charge on any atom is 0.310 e. The van der Waals surface area contributed by atoms with Gasteiger partial charge in [0.2, 0.25) is 0 Å². The molecule has 0 unspecified atom stereocenters. The molecule has 3 rings (SSSR count). The molecule has 2 fully saturated rings. The van der Waals surface area contributed by atoms with Crippen LogP contribution in [-0.2, 0) is 9.53 Å². The van der Waals surface area contributed by atoms with Crippen molar-refractivity contribution in [2.45, 2.75) is 31.6 Å². The molecule has 1 saturated carbocycles. The molecule has 20 heavy (non-hydrogen) atoms. The smallest absolute Gasteiger partial charge is 0.310 e. The molecule has 6 nitrogen and oxygen atoms in total. The van der Waals surface area contributed by atoms with Gasteiger partial charge in [-0.1, -0.05) is 5.16 Å². The van der Waals surface area contributed by atoms with Gasteiger partial charge >= 0.3 is 5.97 Å². The van der Waals surface area contributed by atoms with Gasteiger partial charge in [-0.15, -0.1) is 0 Å². The summed E-state index contributed by atoms with van der Waals surface area (Å²) in [7, 11) is 1.38. The Hall–Kier alpha value is -1.85. The number of rotatable bonds is 3. The van der Waals surface area contributed by atoms with Crippen LogP contribution in [-0.4, -0.2) is 42.1 Å². The van der Waals surface area contributed by atoms with Crippen LogP contribution in [0.5, 0.6) is 0 Å². The van der Waals surface area contributed by atoms with Crippen LogP contribution in [0.25, 0.3) is 0 Å². The van der Waals surface area contributed by atoms with Gasteiger partial charge in [-0.25, -0.2) is 0 Å². The van der Waals surface area contributed by atoms with Crippen LogP contribution in [0.4, 0.5) is 0 Å². The first-order chi connectivity index (χ1) is 9.69. The van der Waals surface area contributed by atoms with Crippen molar-refractivity contribution in [3.05, 3.63) is 17.5 Å². The van der Waals surface area contributed by atoms with E-state index in [4.69, 9.17) is 9.26 Å². The van der Waals surface area contributed by atoms with E-state index in [1.54, 1.807) is 11.0 Å². The number of nitrogens with zero attached hydrogens (tertiary/aromatic N) is 2. The van der Waals surface area contributed by atoms with Gasteiger partial charge < -0.3 is 14.2 Å². The van der Waals surface area contributed by atoms with Gasteiger partial charge in [-0.05, 0) is 25.7 Å². The monoisotopic (exact) mass is 278 g/mol. The Morgan fingerprint density at radius 1 is 1.40 bits per heavy atom. The summed E-state index contributed by atoms with van der Waals surface area (Å²) in [5.41, 5.74) is 0.345. The summed E-state index contributed by atoms with van der Waals surface area (Å²) in [6.45, 7) is 1.05. The summed E-state index contributed by atoms with van der Waals surface area (Å²) < 4.78 is 9.96. The minimum atomic E-state index is -0.249. The molecule has 0 N–H and O–H groups in total. The molecule has 0 spiro atoms. The van der Waals surface area contributed by atoms with Crippen molar-refractivity contribution in [3.8, 4) is 0 Å². The number of amides is 1. The fourth-order valence-electron chi connectivity index (χ4n) is 2.63. The zero-order chi connectivity index (χ0) is 14.1. The molecule has 0 aromatic carbocycles. The lowest BCUT2D eigenvalue weighted by molar-refractivity contribution is -0.146. The van der Waals surface area contributed by atoms with Crippen molar-refractivity contribution in [1.29, 1.82) is 0 Å². The van der Waals surface area contributed by atoms with E-state index in [1.165, 1.54) is 7.11 Å². The molecule has 1 aliphatic carbocycles. The lowest BCUT2D eigenvalue weighted by Crippen LogP contribution is -2.42. The van der Waals surface area contributed by atoms with Gasteiger partial charge in [-0.3, -0.25) is 9.59 Å². The van der Waals surface area contributed by atoms with E-state index in [0.717, 1.165) is 31.4 Å². The highest BCUT2D eigenvalue weighted by atomic mass is 16.5. The number of hydrogen-bond acceptors (Lipinski definition) is 5. The third kappa shape index (κ3) is 2.55. The standard InChI is InChI=1S/C14H18N2O4/c1-19-14(18)10-3-2-6-16(8-10)13(17)11-7-12(20-15-11)9-4-5-9/h7,9-10H,2-6,8H2,1H3/t10-/m0/s1. The Morgan fingerprint density at radius 2 is 2.20 bits per heavy atom. The Kier molecular flexibility index (Phi) is 3.46.